The molecule has 0 aromatic rings. The Morgan fingerprint density at radius 2 is 1.69 bits per heavy atom. The van der Waals surface area contributed by atoms with Gasteiger partial charge < -0.3 is 10.4 Å². The molecular weight excluding hydrogens is 206 g/mol. The summed E-state index contributed by atoms with van der Waals surface area (Å²) in [4.78, 5) is 23.0. The molecule has 1 amide bonds. The Morgan fingerprint density at radius 3 is 2.19 bits per heavy atom. The highest BCUT2D eigenvalue weighted by molar-refractivity contribution is 5.85. The first-order chi connectivity index (χ1) is 7.49. The van der Waals surface area contributed by atoms with Crippen LogP contribution in [0.15, 0.2) is 0 Å². The third-order valence-electron chi connectivity index (χ3n) is 3.89. The molecule has 0 radical (unpaired) electrons. The fourth-order valence-corrected chi connectivity index (χ4v) is 2.67. The van der Waals surface area contributed by atoms with Crippen LogP contribution in [-0.4, -0.2) is 23.0 Å². The first-order valence-corrected chi connectivity index (χ1v) is 6.02. The summed E-state index contributed by atoms with van der Waals surface area (Å²) in [6.07, 6.45) is 2.38. The number of carbonyl (C=O) groups is 2. The smallest absolute Gasteiger partial charge is 0.307 e. The third-order valence-corrected chi connectivity index (χ3v) is 3.89. The lowest BCUT2D eigenvalue weighted by molar-refractivity contribution is -0.146. The average molecular weight is 225 g/mol. The minimum absolute atomic E-state index is 0.0499. The highest BCUT2D eigenvalue weighted by Crippen LogP contribution is 2.37. The Morgan fingerprint density at radius 1 is 1.12 bits per heavy atom. The molecule has 5 unspecified atom stereocenters. The Balaban J connectivity index is 1.95. The molecule has 4 heteroatoms. The molecule has 0 heterocycles. The minimum atomic E-state index is -0.826. The highest BCUT2D eigenvalue weighted by Gasteiger charge is 2.43. The maximum absolute atomic E-state index is 11.9. The zero-order valence-corrected chi connectivity index (χ0v) is 9.77. The van der Waals surface area contributed by atoms with Crippen LogP contribution in [0.2, 0.25) is 0 Å². The minimum Gasteiger partial charge on any atom is -0.481 e. The summed E-state index contributed by atoms with van der Waals surface area (Å²) < 4.78 is 0. The number of aliphatic carboxylic acids is 1. The summed E-state index contributed by atoms with van der Waals surface area (Å²) in [6, 6.07) is 0.290. The summed E-state index contributed by atoms with van der Waals surface area (Å²) in [5, 5.41) is 12.0. The molecule has 0 aromatic heterocycles. The van der Waals surface area contributed by atoms with Crippen molar-refractivity contribution in [3.05, 3.63) is 0 Å². The summed E-state index contributed by atoms with van der Waals surface area (Å²) in [5.74, 6) is -0.775. The topological polar surface area (TPSA) is 66.4 Å². The van der Waals surface area contributed by atoms with Gasteiger partial charge in [-0.05, 0) is 31.1 Å². The number of rotatable bonds is 3. The van der Waals surface area contributed by atoms with E-state index in [2.05, 4.69) is 12.2 Å². The summed E-state index contributed by atoms with van der Waals surface area (Å²) in [7, 11) is 0. The molecule has 2 aliphatic rings. The maximum Gasteiger partial charge on any atom is 0.307 e. The maximum atomic E-state index is 11.9. The van der Waals surface area contributed by atoms with Crippen LogP contribution < -0.4 is 5.32 Å². The van der Waals surface area contributed by atoms with Gasteiger partial charge in [-0.2, -0.15) is 0 Å². The van der Waals surface area contributed by atoms with E-state index in [1.807, 2.05) is 6.92 Å². The first kappa shape index (κ1) is 11.4. The van der Waals surface area contributed by atoms with Crippen LogP contribution in [0.3, 0.4) is 0 Å². The molecule has 2 aliphatic carbocycles. The van der Waals surface area contributed by atoms with Gasteiger partial charge in [-0.25, -0.2) is 0 Å². The molecule has 2 rings (SSSR count). The van der Waals surface area contributed by atoms with E-state index < -0.39 is 11.9 Å². The molecule has 90 valence electrons. The Bertz CT molecular complexity index is 315. The molecule has 2 N–H and O–H groups in total. The lowest BCUT2D eigenvalue weighted by Crippen LogP contribution is -2.36. The third kappa shape index (κ3) is 2.20. The lowest BCUT2D eigenvalue weighted by atomic mass is 9.95. The zero-order chi connectivity index (χ0) is 11.9. The predicted molar refractivity (Wildman–Crippen MR) is 58.7 cm³/mol. The van der Waals surface area contributed by atoms with Gasteiger partial charge in [-0.1, -0.05) is 13.8 Å². The lowest BCUT2D eigenvalue weighted by Gasteiger charge is -2.15. The number of carbonyl (C=O) groups excluding carboxylic acids is 1. The number of hydrogen-bond donors (Lipinski definition) is 2. The largest absolute Gasteiger partial charge is 0.481 e. The molecule has 0 saturated heterocycles. The van der Waals surface area contributed by atoms with Gasteiger partial charge in [-0.3, -0.25) is 9.59 Å². The number of nitrogens with one attached hydrogen (secondary N) is 1. The van der Waals surface area contributed by atoms with Crippen LogP contribution in [0.25, 0.3) is 0 Å². The fourth-order valence-electron chi connectivity index (χ4n) is 2.67. The van der Waals surface area contributed by atoms with E-state index >= 15 is 0 Å². The summed E-state index contributed by atoms with van der Waals surface area (Å²) in [6.45, 7) is 4.11. The van der Waals surface area contributed by atoms with Crippen molar-refractivity contribution in [1.29, 1.82) is 0 Å². The number of carboxylic acid groups (broad SMARTS) is 1. The number of hydrogen-bond acceptors (Lipinski definition) is 2. The van der Waals surface area contributed by atoms with Crippen molar-refractivity contribution in [2.24, 2.45) is 23.7 Å². The second-order valence-electron chi connectivity index (χ2n) is 5.46. The quantitative estimate of drug-likeness (QED) is 0.759. The van der Waals surface area contributed by atoms with Crippen LogP contribution in [0.1, 0.15) is 33.1 Å². The SMILES string of the molecule is CC1CC(C(=O)O)C(C(=O)NC2CC2C)C1. The Labute approximate surface area is 95.4 Å². The van der Waals surface area contributed by atoms with Gasteiger partial charge in [0, 0.05) is 6.04 Å². The molecule has 0 aromatic carbocycles. The van der Waals surface area contributed by atoms with Crippen molar-refractivity contribution < 1.29 is 14.7 Å². The molecular formula is C12H19NO3. The van der Waals surface area contributed by atoms with Crippen LogP contribution >= 0.6 is 0 Å². The van der Waals surface area contributed by atoms with E-state index in [4.69, 9.17) is 5.11 Å². The zero-order valence-electron chi connectivity index (χ0n) is 9.77. The van der Waals surface area contributed by atoms with Gasteiger partial charge in [0.2, 0.25) is 5.91 Å². The van der Waals surface area contributed by atoms with Gasteiger partial charge in [0.1, 0.15) is 0 Å². The van der Waals surface area contributed by atoms with Crippen molar-refractivity contribution in [3.63, 3.8) is 0 Å². The molecule has 5 atom stereocenters. The van der Waals surface area contributed by atoms with Gasteiger partial charge >= 0.3 is 5.97 Å². The van der Waals surface area contributed by atoms with Crippen LogP contribution in [0.4, 0.5) is 0 Å². The first-order valence-electron chi connectivity index (χ1n) is 6.02. The van der Waals surface area contributed by atoms with Gasteiger partial charge in [0.25, 0.3) is 0 Å². The fraction of sp³-hybridized carbons (Fsp3) is 0.833. The van der Waals surface area contributed by atoms with Crippen molar-refractivity contribution in [2.75, 3.05) is 0 Å². The highest BCUT2D eigenvalue weighted by atomic mass is 16.4. The Hall–Kier alpha value is -1.06. The van der Waals surface area contributed by atoms with Crippen molar-refractivity contribution in [1.82, 2.24) is 5.32 Å². The van der Waals surface area contributed by atoms with Crippen molar-refractivity contribution in [2.45, 2.75) is 39.2 Å². The van der Waals surface area contributed by atoms with E-state index in [1.165, 1.54) is 0 Å². The standard InChI is InChI=1S/C12H19NO3/c1-6-3-8(9(4-6)12(15)16)11(14)13-10-5-7(10)2/h6-10H,3-5H2,1-2H3,(H,13,14)(H,15,16). The van der Waals surface area contributed by atoms with Gasteiger partial charge in [-0.15, -0.1) is 0 Å². The molecule has 0 aliphatic heterocycles. The molecule has 16 heavy (non-hydrogen) atoms. The second kappa shape index (κ2) is 4.07. The van der Waals surface area contributed by atoms with Crippen LogP contribution in [-0.2, 0) is 9.59 Å². The van der Waals surface area contributed by atoms with E-state index in [0.717, 1.165) is 6.42 Å². The normalized spacial score (nSPS) is 41.8. The summed E-state index contributed by atoms with van der Waals surface area (Å²) in [5.41, 5.74) is 0. The second-order valence-corrected chi connectivity index (χ2v) is 5.46. The molecule has 2 fully saturated rings. The van der Waals surface area contributed by atoms with Gasteiger partial charge in [0.05, 0.1) is 11.8 Å². The van der Waals surface area contributed by atoms with Crippen LogP contribution in [0.5, 0.6) is 0 Å². The van der Waals surface area contributed by atoms with E-state index in [0.29, 0.717) is 24.7 Å². The average Bonchev–Trinajstić information content (AvgIpc) is 2.74. The van der Waals surface area contributed by atoms with E-state index in [-0.39, 0.29) is 17.9 Å². The van der Waals surface area contributed by atoms with E-state index in [1.54, 1.807) is 0 Å². The number of carboxylic acids is 1. The molecule has 0 spiro atoms. The number of amides is 1. The Kier molecular flexibility index (Phi) is 2.91. The molecule has 4 nitrogen and oxygen atoms in total. The summed E-state index contributed by atoms with van der Waals surface area (Å²) >= 11 is 0. The van der Waals surface area contributed by atoms with E-state index in [9.17, 15) is 9.59 Å². The van der Waals surface area contributed by atoms with Crippen molar-refractivity contribution in [3.8, 4) is 0 Å². The van der Waals surface area contributed by atoms with Crippen molar-refractivity contribution >= 4 is 11.9 Å². The molecule has 2 saturated carbocycles. The monoisotopic (exact) mass is 225 g/mol. The predicted octanol–water partition coefficient (Wildman–Crippen LogP) is 1.26. The van der Waals surface area contributed by atoms with Crippen LogP contribution in [0, 0.1) is 23.7 Å². The molecule has 0 bridgehead atoms. The van der Waals surface area contributed by atoms with Gasteiger partial charge in [0.15, 0.2) is 0 Å².